The number of benzene rings is 1. The van der Waals surface area contributed by atoms with Gasteiger partial charge in [-0.2, -0.15) is 4.39 Å². The molecule has 0 radical (unpaired) electrons. The van der Waals surface area contributed by atoms with Crippen molar-refractivity contribution in [1.82, 2.24) is 4.90 Å². The fourth-order valence-corrected chi connectivity index (χ4v) is 2.42. The molecule has 0 N–H and O–H groups in total. The maximum Gasteiger partial charge on any atom is 0.410 e. The number of piperazine rings is 1. The van der Waals surface area contributed by atoms with E-state index in [2.05, 4.69) is 0 Å². The molecule has 0 saturated carbocycles. The Balaban J connectivity index is 2.05. The number of anilines is 1. The van der Waals surface area contributed by atoms with Gasteiger partial charge in [-0.25, -0.2) is 9.18 Å². The average Bonchev–Trinajstić information content (AvgIpc) is 2.48. The van der Waals surface area contributed by atoms with Gasteiger partial charge < -0.3 is 19.3 Å². The molecular weight excluding hydrogens is 306 g/mol. The van der Waals surface area contributed by atoms with Crippen LogP contribution in [-0.4, -0.2) is 49.9 Å². The monoisotopic (exact) mass is 328 g/mol. The predicted molar refractivity (Wildman–Crippen MR) is 82.9 cm³/mol. The van der Waals surface area contributed by atoms with Crippen LogP contribution >= 0.6 is 0 Å². The lowest BCUT2D eigenvalue weighted by atomic mass is 10.2. The summed E-state index contributed by atoms with van der Waals surface area (Å²) in [6.07, 6.45) is -0.366. The van der Waals surface area contributed by atoms with E-state index in [1.807, 2.05) is 25.7 Å². The van der Waals surface area contributed by atoms with E-state index in [9.17, 15) is 13.6 Å². The summed E-state index contributed by atoms with van der Waals surface area (Å²) >= 11 is 0. The molecule has 0 unspecified atom stereocenters. The largest absolute Gasteiger partial charge is 0.491 e. The second-order valence-corrected chi connectivity index (χ2v) is 6.37. The molecule has 1 aromatic rings. The summed E-state index contributed by atoms with van der Waals surface area (Å²) in [5.41, 5.74) is -0.0624. The smallest absolute Gasteiger partial charge is 0.410 e. The lowest BCUT2D eigenvalue weighted by molar-refractivity contribution is 0.0240. The zero-order valence-corrected chi connectivity index (χ0v) is 13.9. The van der Waals surface area contributed by atoms with Crippen LogP contribution in [0.1, 0.15) is 20.8 Å². The molecule has 1 aliphatic rings. The lowest BCUT2D eigenvalue weighted by Gasteiger charge is -2.37. The Morgan fingerprint density at radius 3 is 2.26 bits per heavy atom. The van der Waals surface area contributed by atoms with E-state index >= 15 is 0 Å². The zero-order chi connectivity index (χ0) is 17.2. The molecule has 23 heavy (non-hydrogen) atoms. The van der Waals surface area contributed by atoms with Crippen molar-refractivity contribution in [3.05, 3.63) is 23.8 Å². The van der Waals surface area contributed by atoms with Crippen molar-refractivity contribution >= 4 is 11.8 Å². The van der Waals surface area contributed by atoms with Gasteiger partial charge in [0.05, 0.1) is 12.8 Å². The molecule has 1 heterocycles. The molecule has 7 heteroatoms. The van der Waals surface area contributed by atoms with Gasteiger partial charge in [-0.15, -0.1) is 0 Å². The summed E-state index contributed by atoms with van der Waals surface area (Å²) in [6, 6.07) is 2.56. The second-order valence-electron chi connectivity index (χ2n) is 6.37. The molecule has 1 aliphatic heterocycles. The molecule has 0 atom stereocenters. The van der Waals surface area contributed by atoms with E-state index in [0.29, 0.717) is 31.9 Å². The Bertz CT molecular complexity index is 579. The minimum Gasteiger partial charge on any atom is -0.491 e. The third-order valence-electron chi connectivity index (χ3n) is 3.51. The first-order valence-corrected chi connectivity index (χ1v) is 7.48. The van der Waals surface area contributed by atoms with Gasteiger partial charge in [-0.05, 0) is 32.9 Å². The molecule has 1 fully saturated rings. The van der Waals surface area contributed by atoms with Crippen LogP contribution < -0.4 is 9.64 Å². The SMILES string of the molecule is COc1c(N2CCN(C(=O)OC(C)(C)C)CC2)ccc(F)c1F. The predicted octanol–water partition coefficient (Wildman–Crippen LogP) is 3.03. The number of ether oxygens (including phenoxy) is 2. The lowest BCUT2D eigenvalue weighted by Crippen LogP contribution is -2.50. The fraction of sp³-hybridized carbons (Fsp3) is 0.562. The molecule has 128 valence electrons. The molecule has 0 aromatic heterocycles. The Labute approximate surface area is 134 Å². The maximum absolute atomic E-state index is 13.8. The van der Waals surface area contributed by atoms with E-state index in [1.54, 1.807) is 4.90 Å². The van der Waals surface area contributed by atoms with Crippen molar-refractivity contribution < 1.29 is 23.0 Å². The van der Waals surface area contributed by atoms with E-state index < -0.39 is 17.2 Å². The van der Waals surface area contributed by atoms with Crippen LogP contribution in [0.4, 0.5) is 19.3 Å². The van der Waals surface area contributed by atoms with Gasteiger partial charge in [0.1, 0.15) is 5.60 Å². The Morgan fingerprint density at radius 2 is 1.74 bits per heavy atom. The molecule has 0 bridgehead atoms. The summed E-state index contributed by atoms with van der Waals surface area (Å²) in [7, 11) is 1.30. The van der Waals surface area contributed by atoms with Gasteiger partial charge in [0, 0.05) is 26.2 Å². The van der Waals surface area contributed by atoms with Crippen molar-refractivity contribution in [2.75, 3.05) is 38.2 Å². The van der Waals surface area contributed by atoms with Gasteiger partial charge in [0.2, 0.25) is 5.82 Å². The molecule has 5 nitrogen and oxygen atoms in total. The van der Waals surface area contributed by atoms with Crippen LogP contribution in [0.5, 0.6) is 5.75 Å². The quantitative estimate of drug-likeness (QED) is 0.837. The van der Waals surface area contributed by atoms with Crippen LogP contribution in [0.25, 0.3) is 0 Å². The van der Waals surface area contributed by atoms with Crippen molar-refractivity contribution in [2.24, 2.45) is 0 Å². The molecule has 2 rings (SSSR count). The van der Waals surface area contributed by atoms with Crippen LogP contribution in [-0.2, 0) is 4.74 Å². The second kappa shape index (κ2) is 6.60. The van der Waals surface area contributed by atoms with Gasteiger partial charge in [-0.1, -0.05) is 0 Å². The normalized spacial score (nSPS) is 15.6. The van der Waals surface area contributed by atoms with Crippen molar-refractivity contribution in [3.63, 3.8) is 0 Å². The number of hydrogen-bond donors (Lipinski definition) is 0. The number of nitrogens with zero attached hydrogens (tertiary/aromatic N) is 2. The van der Waals surface area contributed by atoms with Crippen molar-refractivity contribution in [1.29, 1.82) is 0 Å². The fourth-order valence-electron chi connectivity index (χ4n) is 2.42. The third-order valence-corrected chi connectivity index (χ3v) is 3.51. The first kappa shape index (κ1) is 17.3. The molecule has 0 aliphatic carbocycles. The Kier molecular flexibility index (Phi) is 4.97. The molecule has 1 saturated heterocycles. The van der Waals surface area contributed by atoms with Gasteiger partial charge in [0.25, 0.3) is 0 Å². The zero-order valence-electron chi connectivity index (χ0n) is 13.9. The van der Waals surface area contributed by atoms with Gasteiger partial charge >= 0.3 is 6.09 Å². The van der Waals surface area contributed by atoms with Gasteiger partial charge in [0.15, 0.2) is 11.6 Å². The average molecular weight is 328 g/mol. The highest BCUT2D eigenvalue weighted by atomic mass is 19.2. The van der Waals surface area contributed by atoms with Crippen molar-refractivity contribution in [3.8, 4) is 5.75 Å². The molecule has 0 spiro atoms. The number of amides is 1. The number of hydrogen-bond acceptors (Lipinski definition) is 4. The first-order chi connectivity index (χ1) is 10.7. The summed E-state index contributed by atoms with van der Waals surface area (Å²) in [5.74, 6) is -2.06. The van der Waals surface area contributed by atoms with Gasteiger partial charge in [-0.3, -0.25) is 0 Å². The number of carbonyl (C=O) groups excluding carboxylic acids is 1. The number of methoxy groups -OCH3 is 1. The number of rotatable bonds is 2. The Hall–Kier alpha value is -2.05. The first-order valence-electron chi connectivity index (χ1n) is 7.48. The van der Waals surface area contributed by atoms with E-state index in [-0.39, 0.29) is 11.8 Å². The Morgan fingerprint density at radius 1 is 1.13 bits per heavy atom. The highest BCUT2D eigenvalue weighted by Gasteiger charge is 2.28. The number of carbonyl (C=O) groups is 1. The minimum absolute atomic E-state index is 0.115. The third kappa shape index (κ3) is 4.03. The molecule has 1 amide bonds. The highest BCUT2D eigenvalue weighted by Crippen LogP contribution is 2.33. The topological polar surface area (TPSA) is 42.0 Å². The van der Waals surface area contributed by atoms with E-state index in [0.717, 1.165) is 6.07 Å². The maximum atomic E-state index is 13.8. The highest BCUT2D eigenvalue weighted by molar-refractivity contribution is 5.69. The van der Waals surface area contributed by atoms with Crippen LogP contribution in [0, 0.1) is 11.6 Å². The van der Waals surface area contributed by atoms with Crippen LogP contribution in [0.3, 0.4) is 0 Å². The standard InChI is InChI=1S/C16H22F2N2O3/c1-16(2,3)23-15(21)20-9-7-19(8-10-20)12-6-5-11(17)13(18)14(12)22-4/h5-6H,7-10H2,1-4H3. The summed E-state index contributed by atoms with van der Waals surface area (Å²) in [5, 5.41) is 0. The minimum atomic E-state index is -1.00. The molecule has 1 aromatic carbocycles. The van der Waals surface area contributed by atoms with E-state index in [4.69, 9.17) is 9.47 Å². The summed E-state index contributed by atoms with van der Waals surface area (Å²) < 4.78 is 37.4. The summed E-state index contributed by atoms with van der Waals surface area (Å²) in [4.78, 5) is 15.5. The van der Waals surface area contributed by atoms with E-state index in [1.165, 1.54) is 13.2 Å². The van der Waals surface area contributed by atoms with Crippen LogP contribution in [0.2, 0.25) is 0 Å². The number of halogens is 2. The van der Waals surface area contributed by atoms with Crippen molar-refractivity contribution in [2.45, 2.75) is 26.4 Å². The summed E-state index contributed by atoms with van der Waals surface area (Å²) in [6.45, 7) is 7.30. The van der Waals surface area contributed by atoms with Crippen LogP contribution in [0.15, 0.2) is 12.1 Å². The molecular formula is C16H22F2N2O3.